The van der Waals surface area contributed by atoms with E-state index in [9.17, 15) is 14.9 Å². The maximum atomic E-state index is 12.0. The van der Waals surface area contributed by atoms with E-state index in [0.29, 0.717) is 6.54 Å². The SMILES string of the molecule is CCC(CC)(CN)NC(=O)Cc1ccc([N+](=O)[O-])cc1. The van der Waals surface area contributed by atoms with Crippen LogP contribution in [0.3, 0.4) is 0 Å². The Morgan fingerprint density at radius 2 is 1.85 bits per heavy atom. The zero-order valence-electron chi connectivity index (χ0n) is 11.9. The van der Waals surface area contributed by atoms with Crippen LogP contribution in [0.2, 0.25) is 0 Å². The predicted molar refractivity (Wildman–Crippen MR) is 77.3 cm³/mol. The van der Waals surface area contributed by atoms with Gasteiger partial charge in [0.25, 0.3) is 5.69 Å². The Morgan fingerprint density at radius 1 is 1.30 bits per heavy atom. The van der Waals surface area contributed by atoms with Gasteiger partial charge in [0, 0.05) is 18.7 Å². The van der Waals surface area contributed by atoms with Crippen LogP contribution in [0, 0.1) is 10.1 Å². The second-order valence-electron chi connectivity index (χ2n) is 4.84. The van der Waals surface area contributed by atoms with Crippen molar-refractivity contribution < 1.29 is 9.72 Å². The van der Waals surface area contributed by atoms with E-state index in [1.165, 1.54) is 12.1 Å². The average Bonchev–Trinajstić information content (AvgIpc) is 2.45. The standard InChI is InChI=1S/C14H21N3O3/c1-3-14(4-2,10-15)16-13(18)9-11-5-7-12(8-6-11)17(19)20/h5-8H,3-4,9-10,15H2,1-2H3,(H,16,18). The number of carbonyl (C=O) groups excluding carboxylic acids is 1. The largest absolute Gasteiger partial charge is 0.349 e. The summed E-state index contributed by atoms with van der Waals surface area (Å²) in [7, 11) is 0. The Balaban J connectivity index is 2.68. The predicted octanol–water partition coefficient (Wildman–Crippen LogP) is 1.77. The van der Waals surface area contributed by atoms with Crippen LogP contribution in [0.25, 0.3) is 0 Å². The fraction of sp³-hybridized carbons (Fsp3) is 0.500. The highest BCUT2D eigenvalue weighted by Crippen LogP contribution is 2.15. The molecule has 1 aromatic carbocycles. The van der Waals surface area contributed by atoms with Gasteiger partial charge in [-0.15, -0.1) is 0 Å². The Bertz CT molecular complexity index is 459. The first-order chi connectivity index (χ1) is 9.46. The molecule has 20 heavy (non-hydrogen) atoms. The van der Waals surface area contributed by atoms with Crippen molar-refractivity contribution in [1.82, 2.24) is 5.32 Å². The number of nitro groups is 1. The van der Waals surface area contributed by atoms with E-state index < -0.39 is 4.92 Å². The Kier molecular flexibility index (Phi) is 5.64. The third kappa shape index (κ3) is 4.03. The molecule has 1 rings (SSSR count). The average molecular weight is 279 g/mol. The Labute approximate surface area is 118 Å². The van der Waals surface area contributed by atoms with Crippen molar-refractivity contribution >= 4 is 11.6 Å². The molecule has 0 radical (unpaired) electrons. The molecule has 0 aromatic heterocycles. The van der Waals surface area contributed by atoms with E-state index in [-0.39, 0.29) is 23.6 Å². The fourth-order valence-electron chi connectivity index (χ4n) is 2.03. The highest BCUT2D eigenvalue weighted by molar-refractivity contribution is 5.79. The second-order valence-corrected chi connectivity index (χ2v) is 4.84. The van der Waals surface area contributed by atoms with E-state index in [0.717, 1.165) is 18.4 Å². The first kappa shape index (κ1) is 16.1. The Morgan fingerprint density at radius 3 is 2.25 bits per heavy atom. The van der Waals surface area contributed by atoms with Gasteiger partial charge >= 0.3 is 0 Å². The lowest BCUT2D eigenvalue weighted by atomic mass is 9.92. The molecule has 0 unspecified atom stereocenters. The second kappa shape index (κ2) is 7.00. The fourth-order valence-corrected chi connectivity index (χ4v) is 2.03. The minimum Gasteiger partial charge on any atom is -0.349 e. The summed E-state index contributed by atoms with van der Waals surface area (Å²) in [6.45, 7) is 4.37. The van der Waals surface area contributed by atoms with Gasteiger partial charge in [0.1, 0.15) is 0 Å². The maximum absolute atomic E-state index is 12.0. The zero-order valence-corrected chi connectivity index (χ0v) is 11.9. The molecule has 0 atom stereocenters. The van der Waals surface area contributed by atoms with E-state index in [4.69, 9.17) is 5.73 Å². The van der Waals surface area contributed by atoms with Crippen molar-refractivity contribution in [3.8, 4) is 0 Å². The maximum Gasteiger partial charge on any atom is 0.269 e. The lowest BCUT2D eigenvalue weighted by Crippen LogP contribution is -2.53. The quantitative estimate of drug-likeness (QED) is 0.587. The van der Waals surface area contributed by atoms with Gasteiger partial charge < -0.3 is 11.1 Å². The van der Waals surface area contributed by atoms with Gasteiger partial charge in [-0.25, -0.2) is 0 Å². The number of nitrogens with zero attached hydrogens (tertiary/aromatic N) is 1. The number of amides is 1. The molecule has 1 amide bonds. The number of nitrogens with two attached hydrogens (primary N) is 1. The number of hydrogen-bond acceptors (Lipinski definition) is 4. The molecule has 0 aliphatic rings. The molecule has 0 aliphatic carbocycles. The number of hydrogen-bond donors (Lipinski definition) is 2. The summed E-state index contributed by atoms with van der Waals surface area (Å²) < 4.78 is 0. The van der Waals surface area contributed by atoms with E-state index in [1.807, 2.05) is 13.8 Å². The van der Waals surface area contributed by atoms with Gasteiger partial charge in [-0.05, 0) is 18.4 Å². The molecule has 0 fully saturated rings. The first-order valence-electron chi connectivity index (χ1n) is 6.70. The summed E-state index contributed by atoms with van der Waals surface area (Å²) in [4.78, 5) is 22.1. The normalized spacial score (nSPS) is 11.2. The van der Waals surface area contributed by atoms with Gasteiger partial charge in [0.05, 0.1) is 16.9 Å². The van der Waals surface area contributed by atoms with Crippen LogP contribution >= 0.6 is 0 Å². The number of nitro benzene ring substituents is 1. The van der Waals surface area contributed by atoms with Crippen molar-refractivity contribution in [2.75, 3.05) is 6.54 Å². The molecule has 0 saturated heterocycles. The molecule has 0 spiro atoms. The van der Waals surface area contributed by atoms with Crippen LogP contribution < -0.4 is 11.1 Å². The van der Waals surface area contributed by atoms with Crippen LogP contribution in [-0.2, 0) is 11.2 Å². The van der Waals surface area contributed by atoms with Crippen molar-refractivity contribution in [3.63, 3.8) is 0 Å². The third-order valence-corrected chi connectivity index (χ3v) is 3.66. The number of non-ortho nitro benzene ring substituents is 1. The van der Waals surface area contributed by atoms with Crippen LogP contribution in [0.5, 0.6) is 0 Å². The van der Waals surface area contributed by atoms with Crippen LogP contribution in [0.15, 0.2) is 24.3 Å². The van der Waals surface area contributed by atoms with Crippen molar-refractivity contribution in [1.29, 1.82) is 0 Å². The summed E-state index contributed by atoms with van der Waals surface area (Å²) in [5.41, 5.74) is 6.13. The molecule has 6 nitrogen and oxygen atoms in total. The molecule has 3 N–H and O–H groups in total. The van der Waals surface area contributed by atoms with E-state index >= 15 is 0 Å². The molecule has 0 saturated carbocycles. The van der Waals surface area contributed by atoms with Crippen molar-refractivity contribution in [3.05, 3.63) is 39.9 Å². The van der Waals surface area contributed by atoms with E-state index in [1.54, 1.807) is 12.1 Å². The first-order valence-corrected chi connectivity index (χ1v) is 6.70. The summed E-state index contributed by atoms with van der Waals surface area (Å²) in [5.74, 6) is -0.118. The summed E-state index contributed by atoms with van der Waals surface area (Å²) in [6, 6.07) is 6.00. The minimum absolute atomic E-state index is 0.0209. The van der Waals surface area contributed by atoms with Crippen LogP contribution in [0.4, 0.5) is 5.69 Å². The zero-order chi connectivity index (χ0) is 15.2. The number of rotatable bonds is 7. The summed E-state index contributed by atoms with van der Waals surface area (Å²) in [6.07, 6.45) is 1.73. The third-order valence-electron chi connectivity index (χ3n) is 3.66. The molecule has 1 aromatic rings. The number of nitrogens with one attached hydrogen (secondary N) is 1. The van der Waals surface area contributed by atoms with Gasteiger partial charge in [-0.1, -0.05) is 26.0 Å². The highest BCUT2D eigenvalue weighted by Gasteiger charge is 2.26. The van der Waals surface area contributed by atoms with Crippen molar-refractivity contribution in [2.24, 2.45) is 5.73 Å². The topological polar surface area (TPSA) is 98.3 Å². The van der Waals surface area contributed by atoms with Crippen LogP contribution in [0.1, 0.15) is 32.3 Å². The Hall–Kier alpha value is -1.95. The highest BCUT2D eigenvalue weighted by atomic mass is 16.6. The monoisotopic (exact) mass is 279 g/mol. The van der Waals surface area contributed by atoms with E-state index in [2.05, 4.69) is 5.32 Å². The van der Waals surface area contributed by atoms with Crippen molar-refractivity contribution in [2.45, 2.75) is 38.6 Å². The molecule has 0 heterocycles. The molecule has 0 bridgehead atoms. The molecule has 0 aliphatic heterocycles. The van der Waals surface area contributed by atoms with Gasteiger partial charge in [-0.2, -0.15) is 0 Å². The smallest absolute Gasteiger partial charge is 0.269 e. The van der Waals surface area contributed by atoms with Gasteiger partial charge in [0.2, 0.25) is 5.91 Å². The molecular formula is C14H21N3O3. The number of carbonyl (C=O) groups is 1. The summed E-state index contributed by atoms with van der Waals surface area (Å²) >= 11 is 0. The van der Waals surface area contributed by atoms with Gasteiger partial charge in [-0.3, -0.25) is 14.9 Å². The lowest BCUT2D eigenvalue weighted by Gasteiger charge is -2.31. The van der Waals surface area contributed by atoms with Gasteiger partial charge in [0.15, 0.2) is 0 Å². The minimum atomic E-state index is -0.461. The number of benzene rings is 1. The molecular weight excluding hydrogens is 258 g/mol. The van der Waals surface area contributed by atoms with Crippen LogP contribution in [-0.4, -0.2) is 22.9 Å². The lowest BCUT2D eigenvalue weighted by molar-refractivity contribution is -0.384. The summed E-state index contributed by atoms with van der Waals surface area (Å²) in [5, 5.41) is 13.5. The molecule has 6 heteroatoms. The molecule has 110 valence electrons.